The molecule has 0 amide bonds. The predicted octanol–water partition coefficient (Wildman–Crippen LogP) is 23.3. The Kier molecular flexibility index (Phi) is 64.3. The van der Waals surface area contributed by atoms with Gasteiger partial charge in [0.05, 0.1) is 0 Å². The van der Waals surface area contributed by atoms with Crippen molar-refractivity contribution in [2.24, 2.45) is 0 Å². The van der Waals surface area contributed by atoms with E-state index in [1.54, 1.807) is 0 Å². The van der Waals surface area contributed by atoms with Gasteiger partial charge in [0.25, 0.3) is 0 Å². The molecule has 460 valence electrons. The molecule has 0 N–H and O–H groups in total. The Morgan fingerprint density at radius 3 is 0.790 bits per heavy atom. The van der Waals surface area contributed by atoms with Crippen molar-refractivity contribution in [3.05, 3.63) is 134 Å². The van der Waals surface area contributed by atoms with Crippen LogP contribution in [-0.2, 0) is 28.6 Å². The van der Waals surface area contributed by atoms with Crippen molar-refractivity contribution in [1.82, 2.24) is 0 Å². The molecule has 0 aliphatic heterocycles. The van der Waals surface area contributed by atoms with Crippen LogP contribution in [-0.4, -0.2) is 37.2 Å². The summed E-state index contributed by atoms with van der Waals surface area (Å²) >= 11 is 0. The first-order chi connectivity index (χ1) is 40.0. The summed E-state index contributed by atoms with van der Waals surface area (Å²) in [7, 11) is 0. The molecule has 0 aromatic carbocycles. The van der Waals surface area contributed by atoms with Crippen molar-refractivity contribution >= 4 is 17.9 Å². The van der Waals surface area contributed by atoms with E-state index < -0.39 is 6.10 Å². The highest BCUT2D eigenvalue weighted by Gasteiger charge is 2.19. The molecule has 0 rings (SSSR count). The van der Waals surface area contributed by atoms with Gasteiger partial charge in [-0.1, -0.05) is 283 Å². The van der Waals surface area contributed by atoms with E-state index in [-0.39, 0.29) is 37.5 Å². The summed E-state index contributed by atoms with van der Waals surface area (Å²) in [4.78, 5) is 38.4. The number of rotatable bonds is 60. The molecule has 6 nitrogen and oxygen atoms in total. The van der Waals surface area contributed by atoms with Crippen LogP contribution < -0.4 is 0 Å². The normalized spacial score (nSPS) is 13.0. The number of carbonyl (C=O) groups excluding carboxylic acids is 3. The number of unbranched alkanes of at least 4 members (excludes halogenated alkanes) is 27. The average molecular weight is 1120 g/mol. The molecule has 0 radical (unpaired) electrons. The minimum absolute atomic E-state index is 0.105. The fourth-order valence-electron chi connectivity index (χ4n) is 9.14. The van der Waals surface area contributed by atoms with Crippen LogP contribution in [0.2, 0.25) is 0 Å². The average Bonchev–Trinajstić information content (AvgIpc) is 3.47. The van der Waals surface area contributed by atoms with Crippen LogP contribution >= 0.6 is 0 Å². The van der Waals surface area contributed by atoms with Gasteiger partial charge in [-0.15, -0.1) is 0 Å². The number of carbonyl (C=O) groups is 3. The van der Waals surface area contributed by atoms with Gasteiger partial charge in [-0.05, 0) is 135 Å². The summed E-state index contributed by atoms with van der Waals surface area (Å²) in [5.74, 6) is -0.969. The summed E-state index contributed by atoms with van der Waals surface area (Å²) in [6, 6.07) is 0. The van der Waals surface area contributed by atoms with Crippen molar-refractivity contribution in [2.75, 3.05) is 13.2 Å². The molecule has 0 aliphatic carbocycles. The predicted molar refractivity (Wildman–Crippen MR) is 353 cm³/mol. The molecule has 0 spiro atoms. The van der Waals surface area contributed by atoms with E-state index in [0.29, 0.717) is 19.3 Å². The number of hydrogen-bond donors (Lipinski definition) is 0. The summed E-state index contributed by atoms with van der Waals surface area (Å²) in [6.45, 7) is 6.37. The molecule has 1 unspecified atom stereocenters. The second-order valence-corrected chi connectivity index (χ2v) is 22.0. The highest BCUT2D eigenvalue weighted by molar-refractivity contribution is 5.71. The van der Waals surface area contributed by atoms with Crippen LogP contribution in [0.4, 0.5) is 0 Å². The molecule has 1 atom stereocenters. The zero-order valence-corrected chi connectivity index (χ0v) is 52.8. The SMILES string of the molecule is CC/C=C\C/C=C\C/C=C\C/C=C\C/C=C\C/C=C\CCCCCCC(=O)OC(COC(=O)CCCC/C=C\C/C=C\C/C=C\C/C=C\CC)COC(=O)CCCCCCCCCCCCCCC/C=C\CCCCCCCCCC. The maximum Gasteiger partial charge on any atom is 0.306 e. The van der Waals surface area contributed by atoms with Gasteiger partial charge < -0.3 is 14.2 Å². The van der Waals surface area contributed by atoms with Gasteiger partial charge in [0.1, 0.15) is 13.2 Å². The lowest BCUT2D eigenvalue weighted by atomic mass is 10.0. The van der Waals surface area contributed by atoms with Gasteiger partial charge in [-0.2, -0.15) is 0 Å². The van der Waals surface area contributed by atoms with Crippen molar-refractivity contribution in [1.29, 1.82) is 0 Å². The molecule has 0 bridgehead atoms. The van der Waals surface area contributed by atoms with E-state index in [1.807, 2.05) is 0 Å². The Hall–Kier alpha value is -4.45. The summed E-state index contributed by atoms with van der Waals surface area (Å²) in [5.41, 5.74) is 0. The zero-order valence-electron chi connectivity index (χ0n) is 52.8. The van der Waals surface area contributed by atoms with Gasteiger partial charge in [-0.3, -0.25) is 14.4 Å². The molecule has 0 aromatic rings. The third kappa shape index (κ3) is 66.2. The highest BCUT2D eigenvalue weighted by atomic mass is 16.6. The minimum Gasteiger partial charge on any atom is -0.462 e. The monoisotopic (exact) mass is 1120 g/mol. The lowest BCUT2D eigenvalue weighted by Gasteiger charge is -2.18. The maximum atomic E-state index is 12.9. The first kappa shape index (κ1) is 76.5. The van der Waals surface area contributed by atoms with Crippen LogP contribution in [0.3, 0.4) is 0 Å². The fourth-order valence-corrected chi connectivity index (χ4v) is 9.14. The van der Waals surface area contributed by atoms with Gasteiger partial charge in [0.15, 0.2) is 6.10 Å². The maximum absolute atomic E-state index is 12.9. The van der Waals surface area contributed by atoms with Gasteiger partial charge in [0, 0.05) is 19.3 Å². The zero-order chi connectivity index (χ0) is 58.5. The molecule has 0 aliphatic rings. The lowest BCUT2D eigenvalue weighted by Crippen LogP contribution is -2.30. The molecule has 0 aromatic heterocycles. The van der Waals surface area contributed by atoms with E-state index in [9.17, 15) is 14.4 Å². The Morgan fingerprint density at radius 2 is 0.481 bits per heavy atom. The number of ether oxygens (including phenoxy) is 3. The standard InChI is InChI=1S/C75H124O6/c1-4-7-10-13-16-19-22-25-28-30-32-34-36-37-39-40-42-44-47-50-53-56-59-62-65-68-74(77)80-71-72(70-79-73(76)67-64-61-58-55-52-49-46-27-24-21-18-15-12-9-6-3)81-75(78)69-66-63-60-57-54-51-48-45-43-41-38-35-33-31-29-26-23-20-17-14-11-8-5-2/h8-9,11-12,17-18,20-21,26-27,29-30,32-33,35,41,43,46,48,51-52,55,72H,4-7,10,13-16,19,22-25,28,31,34,36-40,42,44-45,47,49-50,53-54,56-71H2,1-3H3/b11-8-,12-9-,20-17-,21-18-,29-26-,32-30-,35-33-,43-41-,46-27-,51-48-,55-52-. The van der Waals surface area contributed by atoms with E-state index in [2.05, 4.69) is 154 Å². The fraction of sp³-hybridized carbons (Fsp3) is 0.667. The Morgan fingerprint density at radius 1 is 0.259 bits per heavy atom. The first-order valence-electron chi connectivity index (χ1n) is 33.7. The minimum atomic E-state index is -0.815. The number of allylic oxidation sites excluding steroid dienone is 22. The molecule has 0 saturated carbocycles. The topological polar surface area (TPSA) is 78.9 Å². The van der Waals surface area contributed by atoms with E-state index in [0.717, 1.165) is 128 Å². The molecular formula is C75H124O6. The lowest BCUT2D eigenvalue weighted by molar-refractivity contribution is -0.167. The Bertz CT molecular complexity index is 1720. The van der Waals surface area contributed by atoms with Crippen molar-refractivity contribution < 1.29 is 28.6 Å². The van der Waals surface area contributed by atoms with Gasteiger partial charge in [-0.25, -0.2) is 0 Å². The van der Waals surface area contributed by atoms with Gasteiger partial charge in [0.2, 0.25) is 0 Å². The summed E-state index contributed by atoms with van der Waals surface area (Å²) in [6.07, 6.45) is 96.1. The third-order valence-electron chi connectivity index (χ3n) is 14.1. The quantitative estimate of drug-likeness (QED) is 0.0261. The second-order valence-electron chi connectivity index (χ2n) is 22.0. The van der Waals surface area contributed by atoms with Crippen LogP contribution in [0, 0.1) is 0 Å². The van der Waals surface area contributed by atoms with Crippen LogP contribution in [0.1, 0.15) is 303 Å². The first-order valence-corrected chi connectivity index (χ1v) is 33.7. The largest absolute Gasteiger partial charge is 0.462 e. The van der Waals surface area contributed by atoms with Crippen molar-refractivity contribution in [2.45, 2.75) is 309 Å². The molecule has 81 heavy (non-hydrogen) atoms. The van der Waals surface area contributed by atoms with Gasteiger partial charge >= 0.3 is 17.9 Å². The van der Waals surface area contributed by atoms with E-state index in [1.165, 1.54) is 128 Å². The number of esters is 3. The summed E-state index contributed by atoms with van der Waals surface area (Å²) in [5, 5.41) is 0. The molecular weight excluding hydrogens is 997 g/mol. The molecule has 0 saturated heterocycles. The van der Waals surface area contributed by atoms with E-state index in [4.69, 9.17) is 14.2 Å². The van der Waals surface area contributed by atoms with Crippen molar-refractivity contribution in [3.63, 3.8) is 0 Å². The molecule has 6 heteroatoms. The molecule has 0 fully saturated rings. The third-order valence-corrected chi connectivity index (χ3v) is 14.1. The van der Waals surface area contributed by atoms with Crippen molar-refractivity contribution in [3.8, 4) is 0 Å². The second kappa shape index (κ2) is 68.1. The van der Waals surface area contributed by atoms with Crippen LogP contribution in [0.25, 0.3) is 0 Å². The van der Waals surface area contributed by atoms with E-state index >= 15 is 0 Å². The Labute approximate surface area is 500 Å². The summed E-state index contributed by atoms with van der Waals surface area (Å²) < 4.78 is 16.9. The molecule has 0 heterocycles. The smallest absolute Gasteiger partial charge is 0.306 e. The Balaban J connectivity index is 4.43. The number of hydrogen-bond acceptors (Lipinski definition) is 6. The van der Waals surface area contributed by atoms with Crippen LogP contribution in [0.15, 0.2) is 134 Å². The highest BCUT2D eigenvalue weighted by Crippen LogP contribution is 2.16. The van der Waals surface area contributed by atoms with Crippen LogP contribution in [0.5, 0.6) is 0 Å².